The van der Waals surface area contributed by atoms with E-state index in [2.05, 4.69) is 55.9 Å². The van der Waals surface area contributed by atoms with Crippen molar-refractivity contribution in [1.82, 2.24) is 0 Å². The number of hydrogen-bond donors (Lipinski definition) is 0. The number of benzene rings is 1. The zero-order chi connectivity index (χ0) is 10.5. The van der Waals surface area contributed by atoms with E-state index in [1.165, 1.54) is 16.7 Å². The van der Waals surface area contributed by atoms with Crippen LogP contribution in [0.5, 0.6) is 0 Å². The highest BCUT2D eigenvalue weighted by Crippen LogP contribution is 2.45. The van der Waals surface area contributed by atoms with E-state index in [-0.39, 0.29) is 5.41 Å². The summed E-state index contributed by atoms with van der Waals surface area (Å²) in [5.74, 6) is 0. The SMILES string of the molecule is CC1(C)C2=C(C=CC=[Si]2)c2ccccc21. The Kier molecular flexibility index (Phi) is 1.74. The lowest BCUT2D eigenvalue weighted by Crippen LogP contribution is -2.19. The molecule has 0 bridgehead atoms. The molecule has 1 heterocycles. The Balaban J connectivity index is 2.35. The molecule has 0 spiro atoms. The molecule has 1 aliphatic heterocycles. The Morgan fingerprint density at radius 3 is 2.80 bits per heavy atom. The summed E-state index contributed by atoms with van der Waals surface area (Å²) in [5.41, 5.74) is 6.91. The molecule has 3 rings (SSSR count). The van der Waals surface area contributed by atoms with E-state index >= 15 is 0 Å². The molecule has 1 aliphatic carbocycles. The summed E-state index contributed by atoms with van der Waals surface area (Å²) in [4.78, 5) is 0. The monoisotopic (exact) mass is 209 g/mol. The third kappa shape index (κ3) is 1.10. The molecule has 0 unspecified atom stereocenters. The number of rotatable bonds is 0. The highest BCUT2D eigenvalue weighted by Gasteiger charge is 2.35. The molecule has 73 valence electrons. The van der Waals surface area contributed by atoms with Crippen molar-refractivity contribution in [1.29, 1.82) is 0 Å². The number of hydrogen-bond acceptors (Lipinski definition) is 0. The molecule has 1 heteroatoms. The third-order valence-electron chi connectivity index (χ3n) is 3.37. The zero-order valence-electron chi connectivity index (χ0n) is 9.04. The average Bonchev–Trinajstić information content (AvgIpc) is 2.51. The highest BCUT2D eigenvalue weighted by atomic mass is 28.2. The first-order valence-electron chi connectivity index (χ1n) is 5.32. The molecule has 2 aliphatic rings. The summed E-state index contributed by atoms with van der Waals surface area (Å²) < 4.78 is 0. The summed E-state index contributed by atoms with van der Waals surface area (Å²) in [6, 6.07) is 8.81. The predicted octanol–water partition coefficient (Wildman–Crippen LogP) is 2.77. The molecular weight excluding hydrogens is 196 g/mol. The summed E-state index contributed by atoms with van der Waals surface area (Å²) in [6.45, 7) is 4.68. The van der Waals surface area contributed by atoms with Crippen molar-refractivity contribution in [3.05, 3.63) is 52.7 Å². The van der Waals surface area contributed by atoms with Gasteiger partial charge in [-0.25, -0.2) is 0 Å². The highest BCUT2D eigenvalue weighted by molar-refractivity contribution is 6.59. The molecule has 1 aromatic carbocycles. The van der Waals surface area contributed by atoms with E-state index in [1.54, 1.807) is 5.20 Å². The van der Waals surface area contributed by atoms with Crippen LogP contribution < -0.4 is 0 Å². The second-order valence-corrected chi connectivity index (χ2v) is 5.75. The Labute approximate surface area is 92.8 Å². The fraction of sp³-hybridized carbons (Fsp3) is 0.214. The van der Waals surface area contributed by atoms with Gasteiger partial charge in [0, 0.05) is 5.41 Å². The normalized spacial score (nSPS) is 20.4. The fourth-order valence-electron chi connectivity index (χ4n) is 2.58. The van der Waals surface area contributed by atoms with E-state index in [1.807, 2.05) is 0 Å². The van der Waals surface area contributed by atoms with Gasteiger partial charge in [-0.15, -0.1) is 0 Å². The van der Waals surface area contributed by atoms with Gasteiger partial charge in [-0.1, -0.05) is 55.9 Å². The van der Waals surface area contributed by atoms with Gasteiger partial charge in [-0.3, -0.25) is 0 Å². The molecule has 0 amide bonds. The van der Waals surface area contributed by atoms with Crippen molar-refractivity contribution in [2.45, 2.75) is 19.3 Å². The first-order chi connectivity index (χ1) is 7.21. The Morgan fingerprint density at radius 2 is 1.93 bits per heavy atom. The molecule has 1 aromatic rings. The van der Waals surface area contributed by atoms with Crippen molar-refractivity contribution in [3.8, 4) is 0 Å². The number of fused-ring (bicyclic) bond motifs is 2. The van der Waals surface area contributed by atoms with Crippen molar-refractivity contribution < 1.29 is 0 Å². The van der Waals surface area contributed by atoms with Crippen LogP contribution in [0.15, 0.2) is 41.6 Å². The largest absolute Gasteiger partial charge is 0.0769 e. The zero-order valence-corrected chi connectivity index (χ0v) is 10.0. The quantitative estimate of drug-likeness (QED) is 0.576. The first-order valence-corrected chi connectivity index (χ1v) is 6.40. The van der Waals surface area contributed by atoms with Gasteiger partial charge in [0.1, 0.15) is 0 Å². The minimum Gasteiger partial charge on any atom is -0.0769 e. The summed E-state index contributed by atoms with van der Waals surface area (Å²) in [5, 5.41) is 1.60. The lowest BCUT2D eigenvalue weighted by atomic mass is 9.87. The van der Waals surface area contributed by atoms with Crippen molar-refractivity contribution in [3.63, 3.8) is 0 Å². The van der Waals surface area contributed by atoms with E-state index in [0.717, 1.165) is 9.13 Å². The molecule has 0 saturated carbocycles. The molecule has 0 aromatic heterocycles. The lowest BCUT2D eigenvalue weighted by Gasteiger charge is -2.22. The first kappa shape index (κ1) is 9.04. The summed E-state index contributed by atoms with van der Waals surface area (Å²) in [7, 11) is 0.851. The van der Waals surface area contributed by atoms with Crippen LogP contribution >= 0.6 is 0 Å². The van der Waals surface area contributed by atoms with Gasteiger partial charge in [0.15, 0.2) is 0 Å². The maximum Gasteiger partial charge on any atom is 0.0561 e. The van der Waals surface area contributed by atoms with Crippen LogP contribution in [0.3, 0.4) is 0 Å². The van der Waals surface area contributed by atoms with Crippen molar-refractivity contribution in [2.75, 3.05) is 0 Å². The third-order valence-corrected chi connectivity index (χ3v) is 4.91. The topological polar surface area (TPSA) is 0 Å². The Hall–Kier alpha value is -1.21. The van der Waals surface area contributed by atoms with E-state index in [0.29, 0.717) is 0 Å². The van der Waals surface area contributed by atoms with Crippen LogP contribution in [0.2, 0.25) is 0 Å². The number of allylic oxidation sites excluding steroid dienone is 4. The Bertz CT molecular complexity index is 516. The lowest BCUT2D eigenvalue weighted by molar-refractivity contribution is 0.668. The van der Waals surface area contributed by atoms with Crippen LogP contribution in [0, 0.1) is 0 Å². The predicted molar refractivity (Wildman–Crippen MR) is 67.3 cm³/mol. The fourth-order valence-corrected chi connectivity index (χ4v) is 3.80. The van der Waals surface area contributed by atoms with E-state index in [9.17, 15) is 0 Å². The van der Waals surface area contributed by atoms with Crippen LogP contribution in [0.1, 0.15) is 25.0 Å². The van der Waals surface area contributed by atoms with Gasteiger partial charge in [0.25, 0.3) is 0 Å². The Morgan fingerprint density at radius 1 is 1.13 bits per heavy atom. The van der Waals surface area contributed by atoms with E-state index in [4.69, 9.17) is 0 Å². The molecular formula is C14H13Si. The van der Waals surface area contributed by atoms with Crippen LogP contribution in [-0.4, -0.2) is 14.8 Å². The van der Waals surface area contributed by atoms with Crippen molar-refractivity contribution in [2.24, 2.45) is 0 Å². The van der Waals surface area contributed by atoms with E-state index < -0.39 is 0 Å². The molecule has 1 radical (unpaired) electrons. The van der Waals surface area contributed by atoms with Gasteiger partial charge in [0.05, 0.1) is 9.13 Å². The molecule has 0 N–H and O–H groups in total. The smallest absolute Gasteiger partial charge is 0.0561 e. The second kappa shape index (κ2) is 2.89. The van der Waals surface area contributed by atoms with Gasteiger partial charge < -0.3 is 0 Å². The minimum absolute atomic E-state index is 0.228. The van der Waals surface area contributed by atoms with Gasteiger partial charge in [-0.2, -0.15) is 0 Å². The van der Waals surface area contributed by atoms with Crippen LogP contribution in [0.4, 0.5) is 0 Å². The second-order valence-electron chi connectivity index (χ2n) is 4.63. The maximum atomic E-state index is 2.34. The minimum atomic E-state index is 0.228. The summed E-state index contributed by atoms with van der Waals surface area (Å²) >= 11 is 0. The van der Waals surface area contributed by atoms with Gasteiger partial charge in [0.2, 0.25) is 0 Å². The molecule has 0 nitrogen and oxygen atoms in total. The summed E-state index contributed by atoms with van der Waals surface area (Å²) in [6.07, 6.45) is 4.45. The van der Waals surface area contributed by atoms with Gasteiger partial charge >= 0.3 is 0 Å². The maximum absolute atomic E-state index is 2.34. The van der Waals surface area contributed by atoms with Gasteiger partial charge in [-0.05, 0) is 21.9 Å². The average molecular weight is 209 g/mol. The molecule has 0 atom stereocenters. The molecule has 0 fully saturated rings. The van der Waals surface area contributed by atoms with Crippen LogP contribution in [0.25, 0.3) is 5.57 Å². The molecule has 0 saturated heterocycles. The standard InChI is InChI=1S/C14H13Si/c1-14(2)12-8-4-3-6-10(12)11-7-5-9-15-13(11)14/h3-9H,1-2H3. The molecule has 15 heavy (non-hydrogen) atoms. The van der Waals surface area contributed by atoms with Crippen LogP contribution in [-0.2, 0) is 5.41 Å². The van der Waals surface area contributed by atoms with Crippen molar-refractivity contribution >= 4 is 20.4 Å².